The van der Waals surface area contributed by atoms with Gasteiger partial charge in [-0.05, 0) is 48.2 Å². The Morgan fingerprint density at radius 2 is 2.00 bits per heavy atom. The molecule has 1 atom stereocenters. The fourth-order valence-corrected chi connectivity index (χ4v) is 4.93. The number of nitrogens with two attached hydrogens (primary N) is 1. The van der Waals surface area contributed by atoms with Crippen LogP contribution in [0.25, 0.3) is 0 Å². The molecule has 1 aromatic heterocycles. The lowest BCUT2D eigenvalue weighted by molar-refractivity contribution is -0.124. The Morgan fingerprint density at radius 3 is 2.78 bits per heavy atom. The molecule has 2 heterocycles. The standard InChI is InChI=1S/C21H27N3O2Si/c1-27(2,3)9-8-26-14-24-19-6-7-23-13-18(19)21(20(24)25)11-15-4-5-17(22)10-16(15)12-21/h4-7,10,13H,8-9,11-12,14,22H2,1-3H3/t21-/m1/s1. The minimum Gasteiger partial charge on any atom is -0.399 e. The van der Waals surface area contributed by atoms with Crippen molar-refractivity contribution in [1.82, 2.24) is 4.98 Å². The summed E-state index contributed by atoms with van der Waals surface area (Å²) in [7, 11) is -1.15. The average Bonchev–Trinajstić information content (AvgIpc) is 3.09. The molecule has 0 bridgehead atoms. The number of ether oxygens (including phenoxy) is 1. The monoisotopic (exact) mass is 381 g/mol. The molecule has 0 unspecified atom stereocenters. The molecule has 2 N–H and O–H groups in total. The van der Waals surface area contributed by atoms with Crippen molar-refractivity contribution in [3.8, 4) is 0 Å². The van der Waals surface area contributed by atoms with Crippen molar-refractivity contribution in [3.05, 3.63) is 53.3 Å². The maximum atomic E-state index is 13.5. The summed E-state index contributed by atoms with van der Waals surface area (Å²) in [5.74, 6) is 0.119. The zero-order valence-corrected chi connectivity index (χ0v) is 17.3. The Morgan fingerprint density at radius 1 is 1.22 bits per heavy atom. The van der Waals surface area contributed by atoms with Crippen LogP contribution in [0.15, 0.2) is 36.7 Å². The third-order valence-electron chi connectivity index (χ3n) is 5.69. The van der Waals surface area contributed by atoms with Gasteiger partial charge in [0.1, 0.15) is 6.73 Å². The number of fused-ring (bicyclic) bond motifs is 3. The summed E-state index contributed by atoms with van der Waals surface area (Å²) in [6.07, 6.45) is 4.98. The van der Waals surface area contributed by atoms with Crippen molar-refractivity contribution < 1.29 is 9.53 Å². The van der Waals surface area contributed by atoms with Gasteiger partial charge in [0.15, 0.2) is 0 Å². The van der Waals surface area contributed by atoms with Crippen LogP contribution in [0.4, 0.5) is 11.4 Å². The van der Waals surface area contributed by atoms with Gasteiger partial charge < -0.3 is 10.5 Å². The third-order valence-corrected chi connectivity index (χ3v) is 7.39. The lowest BCUT2D eigenvalue weighted by atomic mass is 9.79. The van der Waals surface area contributed by atoms with Gasteiger partial charge >= 0.3 is 0 Å². The van der Waals surface area contributed by atoms with Crippen molar-refractivity contribution in [2.75, 3.05) is 24.0 Å². The number of nitrogen functional groups attached to an aromatic ring is 1. The van der Waals surface area contributed by atoms with E-state index in [0.29, 0.717) is 26.2 Å². The van der Waals surface area contributed by atoms with Gasteiger partial charge in [-0.2, -0.15) is 0 Å². The van der Waals surface area contributed by atoms with Gasteiger partial charge in [-0.3, -0.25) is 14.7 Å². The van der Waals surface area contributed by atoms with E-state index in [2.05, 4.69) is 30.7 Å². The van der Waals surface area contributed by atoms with Crippen LogP contribution < -0.4 is 10.6 Å². The largest absolute Gasteiger partial charge is 0.399 e. The summed E-state index contributed by atoms with van der Waals surface area (Å²) in [6, 6.07) is 8.99. The zero-order chi connectivity index (χ0) is 19.2. The number of nitrogens with zero attached hydrogens (tertiary/aromatic N) is 2. The molecule has 1 aromatic carbocycles. The zero-order valence-electron chi connectivity index (χ0n) is 16.3. The molecule has 0 saturated carbocycles. The van der Waals surface area contributed by atoms with Gasteiger partial charge in [-0.1, -0.05) is 25.7 Å². The molecular weight excluding hydrogens is 354 g/mol. The highest BCUT2D eigenvalue weighted by Crippen LogP contribution is 2.49. The molecule has 1 aliphatic heterocycles. The van der Waals surface area contributed by atoms with Crippen LogP contribution in [0.1, 0.15) is 16.7 Å². The molecule has 4 rings (SSSR count). The number of anilines is 2. The first-order valence-corrected chi connectivity index (χ1v) is 13.2. The second kappa shape index (κ2) is 6.46. The lowest BCUT2D eigenvalue weighted by Crippen LogP contribution is -2.42. The maximum absolute atomic E-state index is 13.5. The molecule has 1 amide bonds. The van der Waals surface area contributed by atoms with Crippen LogP contribution in [0.3, 0.4) is 0 Å². The highest BCUT2D eigenvalue weighted by molar-refractivity contribution is 6.76. The minimum atomic E-state index is -1.15. The fraction of sp³-hybridized carbons (Fsp3) is 0.429. The van der Waals surface area contributed by atoms with Crippen molar-refractivity contribution in [3.63, 3.8) is 0 Å². The molecule has 27 heavy (non-hydrogen) atoms. The van der Waals surface area contributed by atoms with Crippen LogP contribution in [-0.4, -0.2) is 32.3 Å². The number of benzene rings is 1. The molecule has 1 aliphatic carbocycles. The molecule has 5 nitrogen and oxygen atoms in total. The Balaban J connectivity index is 1.60. The molecule has 2 aliphatic rings. The third kappa shape index (κ3) is 3.17. The van der Waals surface area contributed by atoms with Crippen LogP contribution in [0.5, 0.6) is 0 Å². The number of rotatable bonds is 5. The van der Waals surface area contributed by atoms with E-state index in [9.17, 15) is 4.79 Å². The SMILES string of the molecule is C[Si](C)(C)CCOCN1C(=O)[C@@]2(Cc3ccc(N)cc3C2)c2cnccc21. The summed E-state index contributed by atoms with van der Waals surface area (Å²) in [6.45, 7) is 7.99. The number of hydrogen-bond donors (Lipinski definition) is 1. The maximum Gasteiger partial charge on any atom is 0.240 e. The Bertz CT molecular complexity index is 893. The number of amides is 1. The summed E-state index contributed by atoms with van der Waals surface area (Å²) >= 11 is 0. The average molecular weight is 382 g/mol. The molecule has 0 radical (unpaired) electrons. The summed E-state index contributed by atoms with van der Waals surface area (Å²) < 4.78 is 5.92. The van der Waals surface area contributed by atoms with Gasteiger partial charge in [-0.25, -0.2) is 0 Å². The van der Waals surface area contributed by atoms with Gasteiger partial charge in [0.05, 0.1) is 11.1 Å². The smallest absolute Gasteiger partial charge is 0.240 e. The highest BCUT2D eigenvalue weighted by Gasteiger charge is 2.54. The van der Waals surface area contributed by atoms with Crippen molar-refractivity contribution in [1.29, 1.82) is 0 Å². The molecule has 0 saturated heterocycles. The van der Waals surface area contributed by atoms with E-state index in [4.69, 9.17) is 10.5 Å². The Labute approximate surface area is 161 Å². The van der Waals surface area contributed by atoms with Crippen LogP contribution in [0, 0.1) is 0 Å². The van der Waals surface area contributed by atoms with Crippen molar-refractivity contribution in [2.24, 2.45) is 0 Å². The van der Waals surface area contributed by atoms with Crippen LogP contribution in [-0.2, 0) is 27.8 Å². The van der Waals surface area contributed by atoms with E-state index >= 15 is 0 Å². The predicted octanol–water partition coefficient (Wildman–Crippen LogP) is 3.36. The van der Waals surface area contributed by atoms with Crippen LogP contribution in [0.2, 0.25) is 25.7 Å². The van der Waals surface area contributed by atoms with E-state index in [1.54, 1.807) is 11.1 Å². The van der Waals surface area contributed by atoms with Gasteiger partial charge in [0.25, 0.3) is 0 Å². The van der Waals surface area contributed by atoms with E-state index < -0.39 is 13.5 Å². The number of carbonyl (C=O) groups is 1. The Kier molecular flexibility index (Phi) is 4.35. The number of carbonyl (C=O) groups excluding carboxylic acids is 1. The highest BCUT2D eigenvalue weighted by atomic mass is 28.3. The summed E-state index contributed by atoms with van der Waals surface area (Å²) in [5.41, 5.74) is 10.5. The van der Waals surface area contributed by atoms with E-state index in [1.807, 2.05) is 24.4 Å². The van der Waals surface area contributed by atoms with E-state index in [0.717, 1.165) is 23.0 Å². The Hall–Kier alpha value is -2.18. The first kappa shape index (κ1) is 18.2. The molecule has 0 fully saturated rings. The van der Waals surface area contributed by atoms with Gasteiger partial charge in [0.2, 0.25) is 5.91 Å². The molecule has 6 heteroatoms. The molecule has 2 aromatic rings. The summed E-state index contributed by atoms with van der Waals surface area (Å²) in [5, 5.41) is 0. The molecule has 142 valence electrons. The molecule has 1 spiro atoms. The van der Waals surface area contributed by atoms with Crippen molar-refractivity contribution >= 4 is 25.4 Å². The fourth-order valence-electron chi connectivity index (χ4n) is 4.17. The van der Waals surface area contributed by atoms with E-state index in [1.165, 1.54) is 11.1 Å². The minimum absolute atomic E-state index is 0.119. The van der Waals surface area contributed by atoms with Gasteiger partial charge in [0, 0.05) is 38.3 Å². The van der Waals surface area contributed by atoms with Crippen molar-refractivity contribution in [2.45, 2.75) is 43.9 Å². The topological polar surface area (TPSA) is 68.5 Å². The number of hydrogen-bond acceptors (Lipinski definition) is 4. The second-order valence-corrected chi connectivity index (χ2v) is 14.6. The number of pyridine rings is 1. The first-order valence-electron chi connectivity index (χ1n) is 9.52. The normalized spacial score (nSPS) is 21.0. The van der Waals surface area contributed by atoms with Crippen LogP contribution >= 0.6 is 0 Å². The lowest BCUT2D eigenvalue weighted by Gasteiger charge is -2.24. The van der Waals surface area contributed by atoms with Gasteiger partial charge in [-0.15, -0.1) is 0 Å². The van der Waals surface area contributed by atoms with E-state index in [-0.39, 0.29) is 5.91 Å². The first-order chi connectivity index (χ1) is 12.8. The molecular formula is C21H27N3O2Si. The number of aromatic nitrogens is 1. The summed E-state index contributed by atoms with van der Waals surface area (Å²) in [4.78, 5) is 19.6. The second-order valence-electron chi connectivity index (χ2n) is 8.94. The predicted molar refractivity (Wildman–Crippen MR) is 111 cm³/mol. The quantitative estimate of drug-likeness (QED) is 0.490.